The van der Waals surface area contributed by atoms with Gasteiger partial charge in [0.25, 0.3) is 0 Å². The molecular weight excluding hydrogens is 411 g/mol. The summed E-state index contributed by atoms with van der Waals surface area (Å²) in [6.45, 7) is 1.73. The Bertz CT molecular complexity index is 1090. The van der Waals surface area contributed by atoms with E-state index < -0.39 is 11.4 Å². The molecule has 0 unspecified atom stereocenters. The highest BCUT2D eigenvalue weighted by atomic mass is 19.1. The highest BCUT2D eigenvalue weighted by molar-refractivity contribution is 5.92. The molecule has 0 saturated heterocycles. The molecule has 0 bridgehead atoms. The van der Waals surface area contributed by atoms with Gasteiger partial charge in [-0.15, -0.1) is 0 Å². The van der Waals surface area contributed by atoms with Gasteiger partial charge in [0.15, 0.2) is 17.4 Å². The lowest BCUT2D eigenvalue weighted by Crippen LogP contribution is -2.45. The minimum absolute atomic E-state index is 0.0875. The van der Waals surface area contributed by atoms with E-state index in [4.69, 9.17) is 9.26 Å². The first-order valence-corrected chi connectivity index (χ1v) is 10.7. The number of aromatic nitrogens is 3. The number of ether oxygens (including phenoxy) is 1. The number of pyridine rings is 1. The Kier molecular flexibility index (Phi) is 6.58. The van der Waals surface area contributed by atoms with Crippen LogP contribution >= 0.6 is 0 Å². The fraction of sp³-hybridized carbons (Fsp3) is 0.333. The Balaban J connectivity index is 1.46. The number of carbonyl (C=O) groups excluding carboxylic acids is 1. The van der Waals surface area contributed by atoms with E-state index in [-0.39, 0.29) is 11.7 Å². The first kappa shape index (κ1) is 21.7. The van der Waals surface area contributed by atoms with Gasteiger partial charge in [0.1, 0.15) is 11.3 Å². The maximum Gasteiger partial charge on any atom is 0.244 e. The number of halogens is 1. The number of nitrogens with zero attached hydrogens (tertiary/aromatic N) is 3. The summed E-state index contributed by atoms with van der Waals surface area (Å²) in [5.74, 6) is 0.701. The highest BCUT2D eigenvalue weighted by Gasteiger charge is 2.38. The number of amides is 1. The summed E-state index contributed by atoms with van der Waals surface area (Å²) in [7, 11) is 0. The third kappa shape index (κ3) is 5.19. The maximum atomic E-state index is 14.5. The number of benzene rings is 1. The molecule has 2 aromatic heterocycles. The second-order valence-corrected chi connectivity index (χ2v) is 7.94. The summed E-state index contributed by atoms with van der Waals surface area (Å²) in [5, 5.41) is 7.18. The lowest BCUT2D eigenvalue weighted by Gasteiger charge is -2.30. The van der Waals surface area contributed by atoms with Crippen molar-refractivity contribution in [2.75, 3.05) is 0 Å². The molecule has 1 aromatic carbocycles. The standard InChI is InChI=1S/C24H25FN4O3/c1-17-27-23(29-32-17)24(12-4-2-3-5-13-24)28-22(30)11-9-18-8-10-21(20(25)15-18)31-19-7-6-14-26-16-19/h6-11,14-16H,2-5,12-13H2,1H3,(H,28,30)/b11-9+. The first-order valence-electron chi connectivity index (χ1n) is 10.7. The van der Waals surface area contributed by atoms with E-state index in [0.717, 1.165) is 38.5 Å². The SMILES string of the molecule is Cc1nc(C2(NC(=O)/C=C/c3ccc(Oc4cccnc4)c(F)c3)CCCCCC2)no1. The molecule has 0 radical (unpaired) electrons. The number of nitrogens with one attached hydrogen (secondary N) is 1. The molecule has 166 valence electrons. The molecule has 1 amide bonds. The van der Waals surface area contributed by atoms with Crippen LogP contribution in [0.2, 0.25) is 0 Å². The van der Waals surface area contributed by atoms with Crippen LogP contribution in [0, 0.1) is 12.7 Å². The van der Waals surface area contributed by atoms with Gasteiger partial charge in [-0.05, 0) is 48.7 Å². The van der Waals surface area contributed by atoms with E-state index in [2.05, 4.69) is 20.4 Å². The quantitative estimate of drug-likeness (QED) is 0.428. The summed E-state index contributed by atoms with van der Waals surface area (Å²) in [5.41, 5.74) is -0.107. The van der Waals surface area contributed by atoms with Crippen LogP contribution < -0.4 is 10.1 Å². The van der Waals surface area contributed by atoms with Gasteiger partial charge in [-0.25, -0.2) is 4.39 Å². The summed E-state index contributed by atoms with van der Waals surface area (Å²) in [6, 6.07) is 7.93. The van der Waals surface area contributed by atoms with Crippen LogP contribution in [0.25, 0.3) is 6.08 Å². The average molecular weight is 436 g/mol. The summed E-state index contributed by atoms with van der Waals surface area (Å²) >= 11 is 0. The van der Waals surface area contributed by atoms with Crippen LogP contribution in [0.4, 0.5) is 4.39 Å². The molecule has 0 aliphatic heterocycles. The molecule has 0 atom stereocenters. The fourth-order valence-corrected chi connectivity index (χ4v) is 3.92. The Labute approximate surface area is 185 Å². The van der Waals surface area contributed by atoms with Crippen molar-refractivity contribution in [2.45, 2.75) is 51.0 Å². The van der Waals surface area contributed by atoms with E-state index in [0.29, 0.717) is 23.0 Å². The molecule has 3 aromatic rings. The molecule has 1 aliphatic carbocycles. The Morgan fingerprint density at radius 1 is 1.22 bits per heavy atom. The van der Waals surface area contributed by atoms with Crippen molar-refractivity contribution in [1.82, 2.24) is 20.4 Å². The molecule has 1 N–H and O–H groups in total. The number of aryl methyl sites for hydroxylation is 1. The Hall–Kier alpha value is -3.55. The van der Waals surface area contributed by atoms with Crippen molar-refractivity contribution in [1.29, 1.82) is 0 Å². The van der Waals surface area contributed by atoms with Gasteiger partial charge < -0.3 is 14.6 Å². The number of rotatable bonds is 6. The van der Waals surface area contributed by atoms with Gasteiger partial charge in [0.05, 0.1) is 6.20 Å². The topological polar surface area (TPSA) is 90.1 Å². The highest BCUT2D eigenvalue weighted by Crippen LogP contribution is 2.34. The third-order valence-electron chi connectivity index (χ3n) is 5.52. The van der Waals surface area contributed by atoms with Gasteiger partial charge in [0, 0.05) is 19.2 Å². The monoisotopic (exact) mass is 436 g/mol. The summed E-state index contributed by atoms with van der Waals surface area (Å²) < 4.78 is 25.1. The van der Waals surface area contributed by atoms with Crippen molar-refractivity contribution in [2.24, 2.45) is 0 Å². The molecule has 7 nitrogen and oxygen atoms in total. The molecule has 8 heteroatoms. The van der Waals surface area contributed by atoms with Crippen LogP contribution in [0.15, 0.2) is 53.3 Å². The van der Waals surface area contributed by atoms with Crippen LogP contribution in [-0.4, -0.2) is 21.0 Å². The van der Waals surface area contributed by atoms with E-state index >= 15 is 0 Å². The molecule has 0 spiro atoms. The van der Waals surface area contributed by atoms with E-state index in [1.807, 2.05) is 0 Å². The second-order valence-electron chi connectivity index (χ2n) is 7.94. The van der Waals surface area contributed by atoms with Crippen molar-refractivity contribution in [3.8, 4) is 11.5 Å². The van der Waals surface area contributed by atoms with Gasteiger partial charge in [-0.1, -0.05) is 36.9 Å². The lowest BCUT2D eigenvalue weighted by atomic mass is 9.89. The van der Waals surface area contributed by atoms with Crippen molar-refractivity contribution in [3.05, 3.63) is 71.9 Å². The van der Waals surface area contributed by atoms with Crippen LogP contribution in [0.5, 0.6) is 11.5 Å². The maximum absolute atomic E-state index is 14.5. The molecular formula is C24H25FN4O3. The van der Waals surface area contributed by atoms with Crippen LogP contribution in [0.1, 0.15) is 55.8 Å². The smallest absolute Gasteiger partial charge is 0.244 e. The number of hydrogen-bond acceptors (Lipinski definition) is 6. The zero-order valence-electron chi connectivity index (χ0n) is 17.9. The van der Waals surface area contributed by atoms with Gasteiger partial charge in [-0.3, -0.25) is 9.78 Å². The normalized spacial score (nSPS) is 15.9. The minimum atomic E-state index is -0.650. The van der Waals surface area contributed by atoms with E-state index in [9.17, 15) is 9.18 Å². The van der Waals surface area contributed by atoms with Crippen LogP contribution in [-0.2, 0) is 10.3 Å². The van der Waals surface area contributed by atoms with E-state index in [1.165, 1.54) is 24.4 Å². The van der Waals surface area contributed by atoms with Crippen molar-refractivity contribution >= 4 is 12.0 Å². The zero-order chi connectivity index (χ0) is 22.4. The van der Waals surface area contributed by atoms with Crippen molar-refractivity contribution < 1.29 is 18.4 Å². The second kappa shape index (κ2) is 9.72. The van der Waals surface area contributed by atoms with Gasteiger partial charge in [0.2, 0.25) is 11.8 Å². The molecule has 4 rings (SSSR count). The Morgan fingerprint density at radius 3 is 2.69 bits per heavy atom. The first-order chi connectivity index (χ1) is 15.5. The Morgan fingerprint density at radius 2 is 2.03 bits per heavy atom. The lowest BCUT2D eigenvalue weighted by molar-refractivity contribution is -0.118. The fourth-order valence-electron chi connectivity index (χ4n) is 3.92. The largest absolute Gasteiger partial charge is 0.453 e. The van der Waals surface area contributed by atoms with Crippen molar-refractivity contribution in [3.63, 3.8) is 0 Å². The van der Waals surface area contributed by atoms with E-state index in [1.54, 1.807) is 37.4 Å². The molecule has 2 heterocycles. The number of hydrogen-bond donors (Lipinski definition) is 1. The predicted octanol–water partition coefficient (Wildman–Crippen LogP) is 5.08. The molecule has 32 heavy (non-hydrogen) atoms. The predicted molar refractivity (Wildman–Crippen MR) is 116 cm³/mol. The van der Waals surface area contributed by atoms with Gasteiger partial charge >= 0.3 is 0 Å². The molecule has 1 saturated carbocycles. The summed E-state index contributed by atoms with van der Waals surface area (Å²) in [6.07, 6.45) is 11.7. The zero-order valence-corrected chi connectivity index (χ0v) is 17.9. The molecule has 1 aliphatic rings. The summed E-state index contributed by atoms with van der Waals surface area (Å²) in [4.78, 5) is 21.1. The van der Waals surface area contributed by atoms with Gasteiger partial charge in [-0.2, -0.15) is 4.98 Å². The average Bonchev–Trinajstić information content (AvgIpc) is 3.10. The molecule has 1 fully saturated rings. The number of carbonyl (C=O) groups is 1. The van der Waals surface area contributed by atoms with Crippen LogP contribution in [0.3, 0.4) is 0 Å². The third-order valence-corrected chi connectivity index (χ3v) is 5.52. The minimum Gasteiger partial charge on any atom is -0.453 e.